The minimum Gasteiger partial charge on any atom is -0.474 e. The van der Waals surface area contributed by atoms with Crippen LogP contribution in [0, 0.1) is 17.8 Å². The standard InChI is InChI=1S/C15H27NO3/c1-5-11-7-8-12(10(3)4)13(9-11)16(6-2)14(17)15(18)19/h10-13H,5-9H2,1-4H3,(H,18,19)/t11-,12+,13-/m1/s1. The molecule has 1 rings (SSSR count). The fourth-order valence-electron chi connectivity index (χ4n) is 3.41. The lowest BCUT2D eigenvalue weighted by Crippen LogP contribution is -2.51. The van der Waals surface area contributed by atoms with Gasteiger partial charge in [-0.3, -0.25) is 4.79 Å². The SMILES string of the molecule is CC[C@@H]1CC[C@@H](C(C)C)[C@H](N(CC)C(=O)C(=O)O)C1. The first-order valence-corrected chi connectivity index (χ1v) is 7.46. The summed E-state index contributed by atoms with van der Waals surface area (Å²) in [7, 11) is 0. The Kier molecular flexibility index (Phi) is 5.83. The smallest absolute Gasteiger partial charge is 0.394 e. The van der Waals surface area contributed by atoms with Crippen LogP contribution in [0.4, 0.5) is 0 Å². The monoisotopic (exact) mass is 269 g/mol. The van der Waals surface area contributed by atoms with Crippen LogP contribution in [0.15, 0.2) is 0 Å². The van der Waals surface area contributed by atoms with Crippen molar-refractivity contribution in [1.29, 1.82) is 0 Å². The Balaban J connectivity index is 2.93. The van der Waals surface area contributed by atoms with Crippen molar-refractivity contribution in [3.05, 3.63) is 0 Å². The molecule has 1 amide bonds. The maximum atomic E-state index is 11.9. The number of carboxylic acids is 1. The highest BCUT2D eigenvalue weighted by atomic mass is 16.4. The number of hydrogen-bond acceptors (Lipinski definition) is 2. The summed E-state index contributed by atoms with van der Waals surface area (Å²) in [6.07, 6.45) is 4.37. The third-order valence-corrected chi connectivity index (χ3v) is 4.60. The van der Waals surface area contributed by atoms with E-state index in [2.05, 4.69) is 20.8 Å². The average Bonchev–Trinajstić information content (AvgIpc) is 2.38. The zero-order valence-corrected chi connectivity index (χ0v) is 12.6. The number of hydrogen-bond donors (Lipinski definition) is 1. The van der Waals surface area contributed by atoms with Gasteiger partial charge in [0.25, 0.3) is 0 Å². The Morgan fingerprint density at radius 1 is 1.26 bits per heavy atom. The summed E-state index contributed by atoms with van der Waals surface area (Å²) in [6, 6.07) is 0.0901. The summed E-state index contributed by atoms with van der Waals surface area (Å²) in [5.74, 6) is -0.543. The molecule has 1 aliphatic rings. The van der Waals surface area contributed by atoms with E-state index >= 15 is 0 Å². The molecule has 110 valence electrons. The van der Waals surface area contributed by atoms with Crippen LogP contribution in [0.3, 0.4) is 0 Å². The van der Waals surface area contributed by atoms with E-state index < -0.39 is 11.9 Å². The Morgan fingerprint density at radius 2 is 1.89 bits per heavy atom. The number of carboxylic acid groups (broad SMARTS) is 1. The molecule has 19 heavy (non-hydrogen) atoms. The van der Waals surface area contributed by atoms with Gasteiger partial charge in [0.1, 0.15) is 0 Å². The Hall–Kier alpha value is -1.06. The van der Waals surface area contributed by atoms with Gasteiger partial charge in [0.2, 0.25) is 0 Å². The molecule has 1 aliphatic carbocycles. The summed E-state index contributed by atoms with van der Waals surface area (Å²) >= 11 is 0. The first-order chi connectivity index (χ1) is 8.92. The number of amides is 1. The fourth-order valence-corrected chi connectivity index (χ4v) is 3.41. The minimum absolute atomic E-state index is 0.0901. The van der Waals surface area contributed by atoms with Gasteiger partial charge < -0.3 is 10.0 Å². The van der Waals surface area contributed by atoms with Crippen LogP contribution < -0.4 is 0 Å². The van der Waals surface area contributed by atoms with Crippen LogP contribution in [-0.4, -0.2) is 34.5 Å². The lowest BCUT2D eigenvalue weighted by molar-refractivity contribution is -0.158. The van der Waals surface area contributed by atoms with Gasteiger partial charge >= 0.3 is 11.9 Å². The van der Waals surface area contributed by atoms with Crippen molar-refractivity contribution in [2.24, 2.45) is 17.8 Å². The molecule has 0 aromatic heterocycles. The minimum atomic E-state index is -1.33. The second-order valence-corrected chi connectivity index (χ2v) is 5.96. The number of rotatable bonds is 4. The second kappa shape index (κ2) is 6.92. The normalized spacial score (nSPS) is 27.3. The second-order valence-electron chi connectivity index (χ2n) is 5.96. The molecule has 1 N–H and O–H groups in total. The maximum absolute atomic E-state index is 11.9. The molecule has 0 aliphatic heterocycles. The molecular formula is C15H27NO3. The number of aliphatic carboxylic acids is 1. The van der Waals surface area contributed by atoms with Crippen molar-refractivity contribution in [2.75, 3.05) is 6.54 Å². The fraction of sp³-hybridized carbons (Fsp3) is 0.867. The highest BCUT2D eigenvalue weighted by Gasteiger charge is 2.38. The molecule has 4 heteroatoms. The van der Waals surface area contributed by atoms with Crippen LogP contribution in [0.1, 0.15) is 53.4 Å². The summed E-state index contributed by atoms with van der Waals surface area (Å²) in [4.78, 5) is 24.4. The number of carbonyl (C=O) groups excluding carboxylic acids is 1. The van der Waals surface area contributed by atoms with E-state index in [9.17, 15) is 9.59 Å². The first-order valence-electron chi connectivity index (χ1n) is 7.46. The van der Waals surface area contributed by atoms with Gasteiger partial charge in [0.05, 0.1) is 0 Å². The molecule has 1 saturated carbocycles. The molecule has 3 atom stereocenters. The predicted octanol–water partition coefficient (Wildman–Crippen LogP) is 2.77. The topological polar surface area (TPSA) is 57.6 Å². The largest absolute Gasteiger partial charge is 0.474 e. The van der Waals surface area contributed by atoms with E-state index in [1.54, 1.807) is 4.90 Å². The third kappa shape index (κ3) is 3.71. The molecule has 0 unspecified atom stereocenters. The molecule has 4 nitrogen and oxygen atoms in total. The summed E-state index contributed by atoms with van der Waals surface area (Å²) in [5, 5.41) is 8.97. The maximum Gasteiger partial charge on any atom is 0.394 e. The van der Waals surface area contributed by atoms with E-state index in [-0.39, 0.29) is 6.04 Å². The molecule has 0 spiro atoms. The number of nitrogens with zero attached hydrogens (tertiary/aromatic N) is 1. The lowest BCUT2D eigenvalue weighted by atomic mass is 9.72. The Bertz CT molecular complexity index is 327. The van der Waals surface area contributed by atoms with E-state index in [1.807, 2.05) is 6.92 Å². The zero-order valence-electron chi connectivity index (χ0n) is 12.6. The van der Waals surface area contributed by atoms with Crippen molar-refractivity contribution in [1.82, 2.24) is 4.90 Å². The lowest BCUT2D eigenvalue weighted by Gasteiger charge is -2.43. The van der Waals surface area contributed by atoms with Crippen molar-refractivity contribution in [3.8, 4) is 0 Å². The van der Waals surface area contributed by atoms with E-state index in [4.69, 9.17) is 5.11 Å². The Labute approximate surface area is 116 Å². The molecular weight excluding hydrogens is 242 g/mol. The molecule has 0 aromatic carbocycles. The van der Waals surface area contributed by atoms with Crippen LogP contribution in [0.2, 0.25) is 0 Å². The zero-order chi connectivity index (χ0) is 14.6. The van der Waals surface area contributed by atoms with Gasteiger partial charge in [-0.25, -0.2) is 4.79 Å². The van der Waals surface area contributed by atoms with Crippen molar-refractivity contribution in [2.45, 2.75) is 59.4 Å². The van der Waals surface area contributed by atoms with E-state index in [0.29, 0.717) is 24.3 Å². The van der Waals surface area contributed by atoms with Crippen molar-refractivity contribution >= 4 is 11.9 Å². The van der Waals surface area contributed by atoms with Gasteiger partial charge in [-0.2, -0.15) is 0 Å². The van der Waals surface area contributed by atoms with Gasteiger partial charge in [-0.15, -0.1) is 0 Å². The first kappa shape index (κ1) is 16.0. The molecule has 0 saturated heterocycles. The Morgan fingerprint density at radius 3 is 2.32 bits per heavy atom. The molecule has 0 aromatic rings. The molecule has 0 bridgehead atoms. The van der Waals surface area contributed by atoms with Gasteiger partial charge in [0.15, 0.2) is 0 Å². The number of carbonyl (C=O) groups is 2. The highest BCUT2D eigenvalue weighted by Crippen LogP contribution is 2.37. The average molecular weight is 269 g/mol. The van der Waals surface area contributed by atoms with E-state index in [0.717, 1.165) is 19.3 Å². The van der Waals surface area contributed by atoms with Crippen molar-refractivity contribution < 1.29 is 14.7 Å². The van der Waals surface area contributed by atoms with Gasteiger partial charge in [-0.1, -0.05) is 33.6 Å². The highest BCUT2D eigenvalue weighted by molar-refractivity contribution is 6.31. The van der Waals surface area contributed by atoms with Crippen LogP contribution >= 0.6 is 0 Å². The van der Waals surface area contributed by atoms with Crippen LogP contribution in [0.5, 0.6) is 0 Å². The number of likely N-dealkylation sites (N-methyl/N-ethyl adjacent to an activating group) is 1. The molecule has 0 radical (unpaired) electrons. The quantitative estimate of drug-likeness (QED) is 0.798. The molecule has 0 heterocycles. The van der Waals surface area contributed by atoms with Gasteiger partial charge in [-0.05, 0) is 37.5 Å². The summed E-state index contributed by atoms with van der Waals surface area (Å²) < 4.78 is 0. The summed E-state index contributed by atoms with van der Waals surface area (Å²) in [5.41, 5.74) is 0. The van der Waals surface area contributed by atoms with Gasteiger partial charge in [0, 0.05) is 12.6 Å². The molecule has 1 fully saturated rings. The van der Waals surface area contributed by atoms with Crippen LogP contribution in [0.25, 0.3) is 0 Å². The van der Waals surface area contributed by atoms with E-state index in [1.165, 1.54) is 6.42 Å². The third-order valence-electron chi connectivity index (χ3n) is 4.60. The van der Waals surface area contributed by atoms with Crippen molar-refractivity contribution in [3.63, 3.8) is 0 Å². The summed E-state index contributed by atoms with van der Waals surface area (Å²) in [6.45, 7) is 8.86. The predicted molar refractivity (Wildman–Crippen MR) is 74.8 cm³/mol. The van der Waals surface area contributed by atoms with Crippen LogP contribution in [-0.2, 0) is 9.59 Å².